The number of hydrogen-bond acceptors (Lipinski definition) is 4. The highest BCUT2D eigenvalue weighted by Gasteiger charge is 2.11. The summed E-state index contributed by atoms with van der Waals surface area (Å²) in [4.78, 5) is 4.37. The topological polar surface area (TPSA) is 60.1 Å². The van der Waals surface area contributed by atoms with Gasteiger partial charge < -0.3 is 14.0 Å². The second kappa shape index (κ2) is 8.07. The Kier molecular flexibility index (Phi) is 5.59. The van der Waals surface area contributed by atoms with Gasteiger partial charge in [-0.3, -0.25) is 0 Å². The number of nitriles is 1. The SMILES string of the molecule is CCOc1cc(/C=C(/C#N)Cn2cnc3ccccc32)cc(Br)c1OC. The van der Waals surface area contributed by atoms with Crippen LogP contribution in [0.15, 0.2) is 52.8 Å². The molecule has 0 amide bonds. The first-order chi connectivity index (χ1) is 12.7. The molecule has 0 spiro atoms. The summed E-state index contributed by atoms with van der Waals surface area (Å²) in [6.07, 6.45) is 3.60. The van der Waals surface area contributed by atoms with Crippen molar-refractivity contribution in [2.45, 2.75) is 13.5 Å². The number of imidazole rings is 1. The van der Waals surface area contributed by atoms with Crippen LogP contribution in [0.2, 0.25) is 0 Å². The van der Waals surface area contributed by atoms with Gasteiger partial charge in [-0.05, 0) is 58.8 Å². The van der Waals surface area contributed by atoms with Crippen LogP contribution >= 0.6 is 15.9 Å². The zero-order valence-corrected chi connectivity index (χ0v) is 16.2. The number of hydrogen-bond donors (Lipinski definition) is 0. The number of benzene rings is 2. The van der Waals surface area contributed by atoms with Gasteiger partial charge >= 0.3 is 0 Å². The van der Waals surface area contributed by atoms with Crippen molar-refractivity contribution in [3.05, 3.63) is 58.3 Å². The molecule has 0 N–H and O–H groups in total. The number of aromatic nitrogens is 2. The Hall–Kier alpha value is -2.78. The maximum Gasteiger partial charge on any atom is 0.174 e. The number of allylic oxidation sites excluding steroid dienone is 1. The highest BCUT2D eigenvalue weighted by molar-refractivity contribution is 9.10. The van der Waals surface area contributed by atoms with Crippen molar-refractivity contribution < 1.29 is 9.47 Å². The maximum absolute atomic E-state index is 9.58. The first kappa shape index (κ1) is 18.0. The summed E-state index contributed by atoms with van der Waals surface area (Å²) in [5.41, 5.74) is 3.39. The molecule has 0 aliphatic heterocycles. The molecule has 0 aliphatic carbocycles. The molecular formula is C20H18BrN3O2. The molecule has 132 valence electrons. The summed E-state index contributed by atoms with van der Waals surface area (Å²) in [6.45, 7) is 2.90. The molecule has 1 heterocycles. The lowest BCUT2D eigenvalue weighted by atomic mass is 10.1. The summed E-state index contributed by atoms with van der Waals surface area (Å²) < 4.78 is 13.8. The number of fused-ring (bicyclic) bond motifs is 1. The summed E-state index contributed by atoms with van der Waals surface area (Å²) in [5.74, 6) is 1.28. The van der Waals surface area contributed by atoms with Crippen LogP contribution in [0.1, 0.15) is 12.5 Å². The molecule has 26 heavy (non-hydrogen) atoms. The third-order valence-corrected chi connectivity index (χ3v) is 4.48. The van der Waals surface area contributed by atoms with Crippen molar-refractivity contribution in [1.29, 1.82) is 5.26 Å². The zero-order valence-electron chi connectivity index (χ0n) is 14.6. The average Bonchev–Trinajstić information content (AvgIpc) is 3.04. The Labute approximate surface area is 160 Å². The smallest absolute Gasteiger partial charge is 0.174 e. The van der Waals surface area contributed by atoms with Gasteiger partial charge in [0, 0.05) is 5.57 Å². The van der Waals surface area contributed by atoms with Gasteiger partial charge in [-0.2, -0.15) is 5.26 Å². The summed E-state index contributed by atoms with van der Waals surface area (Å²) >= 11 is 3.50. The number of halogens is 1. The fourth-order valence-electron chi connectivity index (χ4n) is 2.77. The highest BCUT2D eigenvalue weighted by atomic mass is 79.9. The van der Waals surface area contributed by atoms with Crippen LogP contribution in [-0.4, -0.2) is 23.3 Å². The number of nitrogens with zero attached hydrogens (tertiary/aromatic N) is 3. The van der Waals surface area contributed by atoms with Gasteiger partial charge in [0.2, 0.25) is 0 Å². The van der Waals surface area contributed by atoms with Crippen molar-refractivity contribution in [3.8, 4) is 17.6 Å². The van der Waals surface area contributed by atoms with Crippen molar-refractivity contribution in [3.63, 3.8) is 0 Å². The molecule has 0 saturated heterocycles. The van der Waals surface area contributed by atoms with Gasteiger partial charge in [0.25, 0.3) is 0 Å². The molecule has 3 aromatic rings. The minimum absolute atomic E-state index is 0.449. The van der Waals surface area contributed by atoms with Crippen molar-refractivity contribution >= 4 is 33.0 Å². The van der Waals surface area contributed by atoms with E-state index >= 15 is 0 Å². The molecule has 5 nitrogen and oxygen atoms in total. The number of ether oxygens (including phenoxy) is 2. The molecule has 0 atom stereocenters. The summed E-state index contributed by atoms with van der Waals surface area (Å²) in [5, 5.41) is 9.58. The Morgan fingerprint density at radius 1 is 1.35 bits per heavy atom. The minimum atomic E-state index is 0.449. The van der Waals surface area contributed by atoms with Gasteiger partial charge in [0.05, 0.1) is 48.2 Å². The predicted molar refractivity (Wildman–Crippen MR) is 105 cm³/mol. The largest absolute Gasteiger partial charge is 0.492 e. The quantitative estimate of drug-likeness (QED) is 0.545. The second-order valence-corrected chi connectivity index (χ2v) is 6.46. The van der Waals surface area contributed by atoms with Gasteiger partial charge in [-0.1, -0.05) is 12.1 Å². The molecule has 0 fully saturated rings. The Morgan fingerprint density at radius 3 is 2.88 bits per heavy atom. The van der Waals surface area contributed by atoms with E-state index in [0.29, 0.717) is 30.2 Å². The Balaban J connectivity index is 1.95. The van der Waals surface area contributed by atoms with Crippen LogP contribution in [0.25, 0.3) is 17.1 Å². The van der Waals surface area contributed by atoms with Crippen LogP contribution < -0.4 is 9.47 Å². The van der Waals surface area contributed by atoms with Gasteiger partial charge in [-0.15, -0.1) is 0 Å². The zero-order chi connectivity index (χ0) is 18.5. The lowest BCUT2D eigenvalue weighted by molar-refractivity contribution is 0.310. The van der Waals surface area contributed by atoms with E-state index in [4.69, 9.17) is 9.47 Å². The van der Waals surface area contributed by atoms with E-state index in [1.54, 1.807) is 13.4 Å². The van der Waals surface area contributed by atoms with Crippen LogP contribution in [0.3, 0.4) is 0 Å². The van der Waals surface area contributed by atoms with Crippen LogP contribution in [0, 0.1) is 11.3 Å². The number of para-hydroxylation sites is 2. The van der Waals surface area contributed by atoms with E-state index in [1.807, 2.05) is 54.0 Å². The molecule has 0 bridgehead atoms. The van der Waals surface area contributed by atoms with E-state index in [2.05, 4.69) is 27.0 Å². The van der Waals surface area contributed by atoms with Gasteiger partial charge in [0.1, 0.15) is 0 Å². The van der Waals surface area contributed by atoms with E-state index in [-0.39, 0.29) is 0 Å². The fraction of sp³-hybridized carbons (Fsp3) is 0.200. The highest BCUT2D eigenvalue weighted by Crippen LogP contribution is 2.37. The minimum Gasteiger partial charge on any atom is -0.492 e. The summed E-state index contributed by atoms with van der Waals surface area (Å²) in [6, 6.07) is 13.9. The lowest BCUT2D eigenvalue weighted by Gasteiger charge is -2.12. The lowest BCUT2D eigenvalue weighted by Crippen LogP contribution is -1.99. The standard InChI is InChI=1S/C20H18BrN3O2/c1-3-26-19-10-14(9-16(21)20(19)25-2)8-15(11-22)12-24-13-23-17-6-4-5-7-18(17)24/h4-10,13H,3,12H2,1-2H3/b15-8-. The maximum atomic E-state index is 9.58. The average molecular weight is 412 g/mol. The van der Waals surface area contributed by atoms with Crippen molar-refractivity contribution in [1.82, 2.24) is 9.55 Å². The third-order valence-electron chi connectivity index (χ3n) is 3.89. The van der Waals surface area contributed by atoms with E-state index in [0.717, 1.165) is 21.1 Å². The molecule has 2 aromatic carbocycles. The summed E-state index contributed by atoms with van der Waals surface area (Å²) in [7, 11) is 1.60. The van der Waals surface area contributed by atoms with Crippen LogP contribution in [0.5, 0.6) is 11.5 Å². The van der Waals surface area contributed by atoms with Crippen molar-refractivity contribution in [2.24, 2.45) is 0 Å². The Bertz CT molecular complexity index is 1000. The van der Waals surface area contributed by atoms with E-state index in [9.17, 15) is 5.26 Å². The molecule has 3 rings (SSSR count). The monoisotopic (exact) mass is 411 g/mol. The van der Waals surface area contributed by atoms with E-state index < -0.39 is 0 Å². The molecule has 0 unspecified atom stereocenters. The molecule has 0 radical (unpaired) electrons. The first-order valence-electron chi connectivity index (χ1n) is 8.17. The van der Waals surface area contributed by atoms with E-state index in [1.165, 1.54) is 0 Å². The number of methoxy groups -OCH3 is 1. The predicted octanol–water partition coefficient (Wildman–Crippen LogP) is 4.81. The van der Waals surface area contributed by atoms with Gasteiger partial charge in [-0.25, -0.2) is 4.98 Å². The van der Waals surface area contributed by atoms with Crippen LogP contribution in [0.4, 0.5) is 0 Å². The Morgan fingerprint density at radius 2 is 2.15 bits per heavy atom. The van der Waals surface area contributed by atoms with Crippen molar-refractivity contribution in [2.75, 3.05) is 13.7 Å². The fourth-order valence-corrected chi connectivity index (χ4v) is 3.39. The normalized spacial score (nSPS) is 11.4. The third kappa shape index (κ3) is 3.73. The van der Waals surface area contributed by atoms with Gasteiger partial charge in [0.15, 0.2) is 11.5 Å². The number of rotatable bonds is 6. The molecule has 1 aromatic heterocycles. The first-order valence-corrected chi connectivity index (χ1v) is 8.96. The van der Waals surface area contributed by atoms with Crippen LogP contribution in [-0.2, 0) is 6.54 Å². The molecular weight excluding hydrogens is 394 g/mol. The second-order valence-electron chi connectivity index (χ2n) is 5.61. The molecule has 0 saturated carbocycles. The molecule has 6 heteroatoms. The molecule has 0 aliphatic rings.